The van der Waals surface area contributed by atoms with E-state index in [1.807, 2.05) is 43.0 Å². The Hall–Kier alpha value is -3.13. The van der Waals surface area contributed by atoms with Gasteiger partial charge in [0.05, 0.1) is 4.92 Å². The Kier molecular flexibility index (Phi) is 5.70. The molecule has 1 aliphatic rings. The predicted octanol–water partition coefficient (Wildman–Crippen LogP) is 2.79. The number of hydrogen-bond donors (Lipinski definition) is 2. The average molecular weight is 389 g/mol. The van der Waals surface area contributed by atoms with E-state index in [2.05, 4.69) is 9.98 Å². The summed E-state index contributed by atoms with van der Waals surface area (Å²) in [7, 11) is 0. The molecule has 0 fully saturated rings. The lowest BCUT2D eigenvalue weighted by Crippen LogP contribution is -2.54. The van der Waals surface area contributed by atoms with Gasteiger partial charge >= 0.3 is 0 Å². The summed E-state index contributed by atoms with van der Waals surface area (Å²) >= 11 is 0. The zero-order chi connectivity index (χ0) is 18.9. The van der Waals surface area contributed by atoms with E-state index in [0.29, 0.717) is 12.4 Å². The Balaban J connectivity index is 0.00000261. The van der Waals surface area contributed by atoms with Crippen LogP contribution in [0, 0.1) is 10.1 Å². The van der Waals surface area contributed by atoms with Gasteiger partial charge < -0.3 is 11.5 Å². The lowest BCUT2D eigenvalue weighted by atomic mass is 10.0. The van der Waals surface area contributed by atoms with Crippen LogP contribution in [0.3, 0.4) is 0 Å². The molecule has 0 aliphatic carbocycles. The highest BCUT2D eigenvalue weighted by molar-refractivity contribution is 6.05. The minimum Gasteiger partial charge on any atom is -0.369 e. The number of rotatable bonds is 4. The first-order chi connectivity index (χ1) is 12.3. The van der Waals surface area contributed by atoms with Crippen molar-refractivity contribution in [3.8, 4) is 0 Å². The van der Waals surface area contributed by atoms with Crippen molar-refractivity contribution in [3.05, 3.63) is 69.8 Å². The van der Waals surface area contributed by atoms with Crippen LogP contribution >= 0.6 is 12.4 Å². The molecule has 2 aromatic rings. The summed E-state index contributed by atoms with van der Waals surface area (Å²) in [6.45, 7) is 3.82. The topological polar surface area (TPSA) is 123 Å². The smallest absolute Gasteiger partial charge is 0.269 e. The number of nitro groups is 1. The van der Waals surface area contributed by atoms with Gasteiger partial charge in [-0.1, -0.05) is 24.3 Å². The molecular weight excluding hydrogens is 368 g/mol. The summed E-state index contributed by atoms with van der Waals surface area (Å²) in [6, 6.07) is 14.4. The van der Waals surface area contributed by atoms with E-state index in [1.54, 1.807) is 12.1 Å². The number of nitro benzene ring substituents is 1. The van der Waals surface area contributed by atoms with Crippen molar-refractivity contribution < 1.29 is 4.92 Å². The minimum absolute atomic E-state index is 0. The van der Waals surface area contributed by atoms with Gasteiger partial charge in [0, 0.05) is 17.8 Å². The molecule has 0 saturated carbocycles. The van der Waals surface area contributed by atoms with Gasteiger partial charge in [0.1, 0.15) is 5.66 Å². The largest absolute Gasteiger partial charge is 0.369 e. The number of halogens is 1. The summed E-state index contributed by atoms with van der Waals surface area (Å²) < 4.78 is 0. The van der Waals surface area contributed by atoms with Crippen molar-refractivity contribution in [1.82, 2.24) is 0 Å². The monoisotopic (exact) mass is 388 g/mol. The number of non-ortho nitro benzene ring substituents is 1. The molecule has 0 spiro atoms. The van der Waals surface area contributed by atoms with Crippen molar-refractivity contribution in [2.24, 2.45) is 21.5 Å². The Labute approximate surface area is 163 Å². The van der Waals surface area contributed by atoms with Crippen molar-refractivity contribution >= 4 is 35.7 Å². The molecular formula is C18H21ClN6O2. The fraction of sp³-hybridized carbons (Fsp3) is 0.222. The first-order valence-electron chi connectivity index (χ1n) is 8.08. The lowest BCUT2D eigenvalue weighted by molar-refractivity contribution is -0.384. The van der Waals surface area contributed by atoms with Crippen LogP contribution in [0.4, 0.5) is 11.4 Å². The highest BCUT2D eigenvalue weighted by atomic mass is 35.5. The van der Waals surface area contributed by atoms with Crippen LogP contribution in [0.5, 0.6) is 0 Å². The fourth-order valence-corrected chi connectivity index (χ4v) is 2.99. The van der Waals surface area contributed by atoms with E-state index in [9.17, 15) is 10.1 Å². The maximum absolute atomic E-state index is 10.7. The Morgan fingerprint density at radius 2 is 1.56 bits per heavy atom. The predicted molar refractivity (Wildman–Crippen MR) is 109 cm³/mol. The Morgan fingerprint density at radius 1 is 1.04 bits per heavy atom. The van der Waals surface area contributed by atoms with Crippen LogP contribution in [0.1, 0.15) is 25.0 Å². The van der Waals surface area contributed by atoms with Gasteiger partial charge in [-0.2, -0.15) is 4.99 Å². The maximum atomic E-state index is 10.7. The summed E-state index contributed by atoms with van der Waals surface area (Å²) in [5, 5.41) is 10.7. The number of nitrogens with two attached hydrogens (primary N) is 2. The van der Waals surface area contributed by atoms with Crippen molar-refractivity contribution in [1.29, 1.82) is 0 Å². The van der Waals surface area contributed by atoms with Gasteiger partial charge in [0.25, 0.3) is 5.69 Å². The molecule has 0 bridgehead atoms. The van der Waals surface area contributed by atoms with E-state index >= 15 is 0 Å². The van der Waals surface area contributed by atoms with Crippen molar-refractivity contribution in [2.75, 3.05) is 4.90 Å². The number of nitrogens with zero attached hydrogens (tertiary/aromatic N) is 4. The normalized spacial score (nSPS) is 15.4. The van der Waals surface area contributed by atoms with Crippen LogP contribution in [-0.4, -0.2) is 22.5 Å². The molecule has 8 nitrogen and oxygen atoms in total. The molecule has 1 heterocycles. The third kappa shape index (κ3) is 4.35. The highest BCUT2D eigenvalue weighted by Gasteiger charge is 2.32. The van der Waals surface area contributed by atoms with Crippen LogP contribution in [0.15, 0.2) is 58.5 Å². The first kappa shape index (κ1) is 20.2. The number of aliphatic imine (C=N–C) groups is 2. The molecule has 0 amide bonds. The van der Waals surface area contributed by atoms with Crippen molar-refractivity contribution in [3.63, 3.8) is 0 Å². The average Bonchev–Trinajstić information content (AvgIpc) is 2.55. The van der Waals surface area contributed by atoms with Gasteiger partial charge in [-0.25, -0.2) is 4.99 Å². The van der Waals surface area contributed by atoms with E-state index in [0.717, 1.165) is 16.8 Å². The minimum atomic E-state index is -0.629. The van der Waals surface area contributed by atoms with E-state index < -0.39 is 10.6 Å². The Bertz CT molecular complexity index is 891. The van der Waals surface area contributed by atoms with E-state index in [4.69, 9.17) is 11.5 Å². The summed E-state index contributed by atoms with van der Waals surface area (Å²) in [5.74, 6) is 0.462. The van der Waals surface area contributed by atoms with E-state index in [1.165, 1.54) is 12.1 Å². The summed E-state index contributed by atoms with van der Waals surface area (Å²) in [5.41, 5.74) is 14.1. The molecule has 2 aromatic carbocycles. The summed E-state index contributed by atoms with van der Waals surface area (Å²) in [6.07, 6.45) is 0.677. The number of anilines is 1. The molecule has 4 N–H and O–H groups in total. The third-order valence-electron chi connectivity index (χ3n) is 4.14. The number of hydrogen-bond acceptors (Lipinski definition) is 7. The molecule has 0 unspecified atom stereocenters. The molecule has 9 heteroatoms. The molecule has 27 heavy (non-hydrogen) atoms. The number of benzene rings is 2. The highest BCUT2D eigenvalue weighted by Crippen LogP contribution is 2.28. The van der Waals surface area contributed by atoms with Gasteiger partial charge in [0.15, 0.2) is 0 Å². The molecule has 142 valence electrons. The second kappa shape index (κ2) is 7.63. The lowest BCUT2D eigenvalue weighted by Gasteiger charge is -2.38. The molecule has 0 radical (unpaired) electrons. The zero-order valence-corrected chi connectivity index (χ0v) is 15.8. The van der Waals surface area contributed by atoms with Crippen molar-refractivity contribution in [2.45, 2.75) is 25.9 Å². The van der Waals surface area contributed by atoms with Crippen LogP contribution in [0.25, 0.3) is 0 Å². The number of guanidine groups is 2. The quantitative estimate of drug-likeness (QED) is 0.615. The molecule has 0 saturated heterocycles. The molecule has 3 rings (SSSR count). The SMILES string of the molecule is CC1(C)N=C(N)N=C(N)N1c1ccc(Cc2ccc([N+](=O)[O-])cc2)cc1.Cl. The first-order valence-corrected chi connectivity index (χ1v) is 8.08. The van der Waals surface area contributed by atoms with Gasteiger partial charge in [-0.3, -0.25) is 15.0 Å². The van der Waals surface area contributed by atoms with Gasteiger partial charge in [-0.05, 0) is 43.5 Å². The second-order valence-corrected chi connectivity index (χ2v) is 6.54. The zero-order valence-electron chi connectivity index (χ0n) is 15.0. The maximum Gasteiger partial charge on any atom is 0.269 e. The van der Waals surface area contributed by atoms with Gasteiger partial charge in [0.2, 0.25) is 11.9 Å². The summed E-state index contributed by atoms with van der Waals surface area (Å²) in [4.78, 5) is 20.5. The molecule has 1 aliphatic heterocycles. The Morgan fingerprint density at radius 3 is 2.04 bits per heavy atom. The van der Waals surface area contributed by atoms with Crippen LogP contribution in [-0.2, 0) is 6.42 Å². The molecule has 0 aromatic heterocycles. The van der Waals surface area contributed by atoms with Gasteiger partial charge in [-0.15, -0.1) is 12.4 Å². The second-order valence-electron chi connectivity index (χ2n) is 6.54. The molecule has 0 atom stereocenters. The standard InChI is InChI=1S/C18H20N6O2.ClH/c1-18(2)22-16(19)21-17(20)23(18)14-7-3-12(4-8-14)11-13-5-9-15(10-6-13)24(25)26;/h3-10H,11H2,1-2H3,(H4,19,20,21,22);1H. The van der Waals surface area contributed by atoms with E-state index in [-0.39, 0.29) is 24.1 Å². The van der Waals surface area contributed by atoms with Crippen LogP contribution in [0.2, 0.25) is 0 Å². The third-order valence-corrected chi connectivity index (χ3v) is 4.14. The fourth-order valence-electron chi connectivity index (χ4n) is 2.99. The van der Waals surface area contributed by atoms with Crippen LogP contribution < -0.4 is 16.4 Å².